The zero-order chi connectivity index (χ0) is 14.7. The van der Waals surface area contributed by atoms with Crippen molar-refractivity contribution < 1.29 is 4.39 Å². The van der Waals surface area contributed by atoms with Crippen LogP contribution in [0.3, 0.4) is 0 Å². The molecule has 0 atom stereocenters. The number of benzene rings is 2. The Kier molecular flexibility index (Phi) is 4.06. The van der Waals surface area contributed by atoms with Gasteiger partial charge in [0.25, 0.3) is 0 Å². The largest absolute Gasteiger partial charge is 0.276 e. The molecule has 2 aromatic carbocycles. The summed E-state index contributed by atoms with van der Waals surface area (Å²) < 4.78 is 14.2. The topological polar surface area (TPSA) is 28.7 Å². The highest BCUT2D eigenvalue weighted by molar-refractivity contribution is 7.99. The Balaban J connectivity index is 2.21. The fraction of sp³-hybridized carbons (Fsp3) is 0.118. The molecule has 0 aliphatic rings. The Bertz CT molecular complexity index is 738. The van der Waals surface area contributed by atoms with E-state index in [-0.39, 0.29) is 5.82 Å². The first-order valence-electron chi connectivity index (χ1n) is 6.82. The highest BCUT2D eigenvalue weighted by atomic mass is 32.2. The van der Waals surface area contributed by atoms with Gasteiger partial charge in [-0.2, -0.15) is 5.10 Å². The van der Waals surface area contributed by atoms with Gasteiger partial charge in [0.1, 0.15) is 10.8 Å². The number of hydrogen-bond acceptors (Lipinski definition) is 2. The van der Waals surface area contributed by atoms with Gasteiger partial charge in [-0.1, -0.05) is 55.5 Å². The second kappa shape index (κ2) is 6.14. The molecule has 3 aromatic rings. The molecule has 21 heavy (non-hydrogen) atoms. The van der Waals surface area contributed by atoms with Crippen LogP contribution in [0.15, 0.2) is 59.6 Å². The Morgan fingerprint density at radius 2 is 1.76 bits per heavy atom. The fourth-order valence-electron chi connectivity index (χ4n) is 2.29. The summed E-state index contributed by atoms with van der Waals surface area (Å²) >= 11 is 1.61. The Morgan fingerprint density at radius 1 is 1.05 bits per heavy atom. The first kappa shape index (κ1) is 13.9. The second-order valence-electron chi connectivity index (χ2n) is 4.56. The van der Waals surface area contributed by atoms with Crippen LogP contribution in [-0.2, 0) is 0 Å². The molecule has 0 radical (unpaired) electrons. The lowest BCUT2D eigenvalue weighted by atomic mass is 10.0. The van der Waals surface area contributed by atoms with Crippen molar-refractivity contribution in [1.29, 1.82) is 0 Å². The van der Waals surface area contributed by atoms with E-state index in [2.05, 4.69) is 17.1 Å². The van der Waals surface area contributed by atoms with Crippen molar-refractivity contribution >= 4 is 11.8 Å². The zero-order valence-electron chi connectivity index (χ0n) is 11.6. The molecule has 3 rings (SSSR count). The summed E-state index contributed by atoms with van der Waals surface area (Å²) in [6, 6.07) is 16.7. The maximum atomic E-state index is 14.2. The van der Waals surface area contributed by atoms with Crippen LogP contribution >= 0.6 is 11.8 Å². The van der Waals surface area contributed by atoms with E-state index in [0.717, 1.165) is 27.6 Å². The molecule has 0 fully saturated rings. The molecule has 0 unspecified atom stereocenters. The maximum absolute atomic E-state index is 14.2. The van der Waals surface area contributed by atoms with E-state index in [0.29, 0.717) is 5.56 Å². The molecule has 0 spiro atoms. The van der Waals surface area contributed by atoms with E-state index in [4.69, 9.17) is 0 Å². The normalized spacial score (nSPS) is 10.8. The van der Waals surface area contributed by atoms with E-state index in [1.807, 2.05) is 36.4 Å². The smallest absolute Gasteiger partial charge is 0.131 e. The number of hydrogen-bond donors (Lipinski definition) is 1. The van der Waals surface area contributed by atoms with Crippen molar-refractivity contribution in [3.63, 3.8) is 0 Å². The third kappa shape index (κ3) is 2.72. The summed E-state index contributed by atoms with van der Waals surface area (Å²) in [5, 5.41) is 8.27. The van der Waals surface area contributed by atoms with Gasteiger partial charge in [-0.05, 0) is 11.8 Å². The number of nitrogens with zero attached hydrogens (tertiary/aromatic N) is 1. The lowest BCUT2D eigenvalue weighted by Gasteiger charge is -2.07. The van der Waals surface area contributed by atoms with Crippen LogP contribution in [0.25, 0.3) is 22.4 Å². The van der Waals surface area contributed by atoms with Crippen molar-refractivity contribution in [3.8, 4) is 22.4 Å². The molecule has 0 saturated heterocycles. The van der Waals surface area contributed by atoms with Crippen molar-refractivity contribution in [3.05, 3.63) is 60.4 Å². The zero-order valence-corrected chi connectivity index (χ0v) is 12.5. The third-order valence-corrected chi connectivity index (χ3v) is 4.08. The highest BCUT2D eigenvalue weighted by Crippen LogP contribution is 2.38. The highest BCUT2D eigenvalue weighted by Gasteiger charge is 2.19. The molecule has 1 heterocycles. The van der Waals surface area contributed by atoms with E-state index in [9.17, 15) is 4.39 Å². The van der Waals surface area contributed by atoms with Crippen molar-refractivity contribution in [2.75, 3.05) is 5.75 Å². The van der Waals surface area contributed by atoms with Crippen LogP contribution in [0.4, 0.5) is 4.39 Å². The lowest BCUT2D eigenvalue weighted by molar-refractivity contribution is 0.631. The molecule has 4 heteroatoms. The minimum absolute atomic E-state index is 0.228. The third-order valence-electron chi connectivity index (χ3n) is 3.22. The second-order valence-corrected chi connectivity index (χ2v) is 5.81. The lowest BCUT2D eigenvalue weighted by Crippen LogP contribution is -1.87. The van der Waals surface area contributed by atoms with Crippen LogP contribution in [0, 0.1) is 5.82 Å². The molecule has 0 aliphatic carbocycles. The summed E-state index contributed by atoms with van der Waals surface area (Å²) in [6.07, 6.45) is 0. The summed E-state index contributed by atoms with van der Waals surface area (Å²) in [7, 11) is 0. The van der Waals surface area contributed by atoms with Gasteiger partial charge >= 0.3 is 0 Å². The number of aromatic amines is 1. The molecule has 0 bridgehead atoms. The predicted molar refractivity (Wildman–Crippen MR) is 85.8 cm³/mol. The average Bonchev–Trinajstić information content (AvgIpc) is 2.93. The van der Waals surface area contributed by atoms with Gasteiger partial charge in [0.05, 0.1) is 5.69 Å². The molecule has 0 amide bonds. The molecule has 1 aromatic heterocycles. The van der Waals surface area contributed by atoms with E-state index in [1.165, 1.54) is 6.07 Å². The van der Waals surface area contributed by atoms with Crippen LogP contribution in [-0.4, -0.2) is 16.0 Å². The molecule has 1 N–H and O–H groups in total. The van der Waals surface area contributed by atoms with Gasteiger partial charge in [0.15, 0.2) is 0 Å². The summed E-state index contributed by atoms with van der Waals surface area (Å²) in [5.74, 6) is 0.662. The van der Waals surface area contributed by atoms with Crippen LogP contribution in [0.1, 0.15) is 6.92 Å². The Morgan fingerprint density at radius 3 is 2.48 bits per heavy atom. The number of thioether (sulfide) groups is 1. The van der Waals surface area contributed by atoms with Gasteiger partial charge in [-0.25, -0.2) is 4.39 Å². The van der Waals surface area contributed by atoms with Crippen LogP contribution in [0.2, 0.25) is 0 Å². The molecular formula is C17H15FN2S. The monoisotopic (exact) mass is 298 g/mol. The number of aromatic nitrogens is 2. The number of nitrogens with one attached hydrogen (secondary N) is 1. The minimum atomic E-state index is -0.228. The van der Waals surface area contributed by atoms with Crippen LogP contribution < -0.4 is 0 Å². The standard InChI is InChI=1S/C17H15FN2S/c1-2-21-17-15(13-10-6-7-11-14(13)18)16(19-20-17)12-8-4-3-5-9-12/h3-11H,2H2,1H3,(H,19,20). The van der Waals surface area contributed by atoms with Gasteiger partial charge < -0.3 is 0 Å². The van der Waals surface area contributed by atoms with Crippen molar-refractivity contribution in [1.82, 2.24) is 10.2 Å². The Labute approximate surface area is 127 Å². The first-order chi connectivity index (χ1) is 10.3. The van der Waals surface area contributed by atoms with Gasteiger partial charge in [0, 0.05) is 16.7 Å². The minimum Gasteiger partial charge on any atom is -0.276 e. The number of H-pyrrole nitrogens is 1. The Hall–Kier alpha value is -2.07. The molecule has 0 saturated carbocycles. The maximum Gasteiger partial charge on any atom is 0.131 e. The summed E-state index contributed by atoms with van der Waals surface area (Å²) in [6.45, 7) is 2.06. The fourth-order valence-corrected chi connectivity index (χ4v) is 3.03. The van der Waals surface area contributed by atoms with Gasteiger partial charge in [-0.15, -0.1) is 11.8 Å². The first-order valence-corrected chi connectivity index (χ1v) is 7.81. The quantitative estimate of drug-likeness (QED) is 0.687. The van der Waals surface area contributed by atoms with E-state index < -0.39 is 0 Å². The van der Waals surface area contributed by atoms with Crippen molar-refractivity contribution in [2.24, 2.45) is 0 Å². The van der Waals surface area contributed by atoms with E-state index in [1.54, 1.807) is 23.9 Å². The van der Waals surface area contributed by atoms with Gasteiger partial charge in [0.2, 0.25) is 0 Å². The van der Waals surface area contributed by atoms with Crippen LogP contribution in [0.5, 0.6) is 0 Å². The van der Waals surface area contributed by atoms with Crippen molar-refractivity contribution in [2.45, 2.75) is 11.9 Å². The molecule has 106 valence electrons. The summed E-state index contributed by atoms with van der Waals surface area (Å²) in [4.78, 5) is 0. The van der Waals surface area contributed by atoms with Gasteiger partial charge in [-0.3, -0.25) is 5.10 Å². The number of rotatable bonds is 4. The average molecular weight is 298 g/mol. The predicted octanol–water partition coefficient (Wildman–Crippen LogP) is 4.99. The number of halogens is 1. The molecule has 2 nitrogen and oxygen atoms in total. The molecule has 0 aliphatic heterocycles. The SMILES string of the molecule is CCSc1n[nH]c(-c2ccccc2)c1-c1ccccc1F. The molecular weight excluding hydrogens is 283 g/mol. The summed E-state index contributed by atoms with van der Waals surface area (Å²) in [5.41, 5.74) is 3.29. The van der Waals surface area contributed by atoms with E-state index >= 15 is 0 Å².